The molecule has 0 saturated heterocycles. The van der Waals surface area contributed by atoms with E-state index in [1.807, 2.05) is 49.4 Å². The third-order valence-corrected chi connectivity index (χ3v) is 3.91. The maximum Gasteiger partial charge on any atom is 0.150 e. The van der Waals surface area contributed by atoms with Crippen LogP contribution >= 0.6 is 0 Å². The molecule has 2 aromatic carbocycles. The van der Waals surface area contributed by atoms with Crippen LogP contribution in [0.3, 0.4) is 0 Å². The van der Waals surface area contributed by atoms with Gasteiger partial charge in [0.2, 0.25) is 0 Å². The smallest absolute Gasteiger partial charge is 0.150 e. The van der Waals surface area contributed by atoms with E-state index < -0.39 is 0 Å². The van der Waals surface area contributed by atoms with Crippen molar-refractivity contribution < 1.29 is 13.9 Å². The maximum absolute atomic E-state index is 10.9. The molecule has 0 unspecified atom stereocenters. The lowest BCUT2D eigenvalue weighted by atomic mass is 10.0. The van der Waals surface area contributed by atoms with E-state index in [1.54, 1.807) is 0 Å². The molecule has 0 bridgehead atoms. The molecule has 0 N–H and O–H groups in total. The number of unbranched alkanes of at least 4 members (excludes halogenated alkanes) is 1. The second kappa shape index (κ2) is 6.69. The number of carbonyl (C=O) groups is 1. The van der Waals surface area contributed by atoms with E-state index in [9.17, 15) is 4.79 Å². The summed E-state index contributed by atoms with van der Waals surface area (Å²) in [5.74, 6) is 1.67. The van der Waals surface area contributed by atoms with Crippen LogP contribution in [0.25, 0.3) is 22.3 Å². The third kappa shape index (κ3) is 3.29. The number of aryl methyl sites for hydroxylation is 1. The number of carbonyl (C=O) groups excluding carboxylic acids is 1. The Morgan fingerprint density at radius 1 is 1.13 bits per heavy atom. The molecule has 3 heteroatoms. The average molecular weight is 308 g/mol. The molecule has 0 aliphatic carbocycles. The van der Waals surface area contributed by atoms with Gasteiger partial charge in [-0.15, -0.1) is 0 Å². The molecule has 0 atom stereocenters. The van der Waals surface area contributed by atoms with Crippen LogP contribution < -0.4 is 4.74 Å². The highest BCUT2D eigenvalue weighted by molar-refractivity contribution is 5.85. The molecular weight excluding hydrogens is 288 g/mol. The molecule has 118 valence electrons. The van der Waals surface area contributed by atoms with Gasteiger partial charge in [-0.3, -0.25) is 4.79 Å². The molecule has 23 heavy (non-hydrogen) atoms. The summed E-state index contributed by atoms with van der Waals surface area (Å²) in [7, 11) is 0. The van der Waals surface area contributed by atoms with Crippen LogP contribution in [0.2, 0.25) is 0 Å². The first-order valence-electron chi connectivity index (χ1n) is 7.94. The van der Waals surface area contributed by atoms with E-state index in [1.165, 1.54) is 0 Å². The van der Waals surface area contributed by atoms with Gasteiger partial charge in [0.15, 0.2) is 0 Å². The average Bonchev–Trinajstić information content (AvgIpc) is 2.97. The van der Waals surface area contributed by atoms with E-state index in [4.69, 9.17) is 9.15 Å². The van der Waals surface area contributed by atoms with E-state index >= 15 is 0 Å². The fraction of sp³-hybridized carbons (Fsp3) is 0.250. The molecule has 0 amide bonds. The number of benzene rings is 2. The maximum atomic E-state index is 10.9. The Kier molecular flexibility index (Phi) is 4.47. The van der Waals surface area contributed by atoms with Crippen molar-refractivity contribution in [2.75, 3.05) is 6.61 Å². The molecule has 3 aromatic rings. The summed E-state index contributed by atoms with van der Waals surface area (Å²) >= 11 is 0. The van der Waals surface area contributed by atoms with Crippen LogP contribution in [0.1, 0.15) is 35.7 Å². The molecule has 1 aromatic heterocycles. The highest BCUT2D eigenvalue weighted by Gasteiger charge is 2.10. The van der Waals surface area contributed by atoms with Crippen molar-refractivity contribution >= 4 is 17.3 Å². The predicted octanol–water partition coefficient (Wildman–Crippen LogP) is 5.40. The zero-order chi connectivity index (χ0) is 16.2. The van der Waals surface area contributed by atoms with Gasteiger partial charge in [0.05, 0.1) is 6.61 Å². The van der Waals surface area contributed by atoms with Gasteiger partial charge < -0.3 is 9.15 Å². The fourth-order valence-corrected chi connectivity index (χ4v) is 2.61. The SMILES string of the molecule is CCCCOc1ccc2oc(-c3ccc(C=O)cc3C)cc2c1. The van der Waals surface area contributed by atoms with Crippen molar-refractivity contribution in [3.63, 3.8) is 0 Å². The number of aldehydes is 1. The highest BCUT2D eigenvalue weighted by atomic mass is 16.5. The van der Waals surface area contributed by atoms with Gasteiger partial charge >= 0.3 is 0 Å². The third-order valence-electron chi connectivity index (χ3n) is 3.91. The predicted molar refractivity (Wildman–Crippen MR) is 92.2 cm³/mol. The number of fused-ring (bicyclic) bond motifs is 1. The molecule has 0 saturated carbocycles. The molecular formula is C20H20O3. The van der Waals surface area contributed by atoms with Gasteiger partial charge in [-0.25, -0.2) is 0 Å². The zero-order valence-electron chi connectivity index (χ0n) is 13.5. The van der Waals surface area contributed by atoms with Crippen molar-refractivity contribution in [3.8, 4) is 17.1 Å². The largest absolute Gasteiger partial charge is 0.494 e. The first-order valence-corrected chi connectivity index (χ1v) is 7.94. The molecule has 1 heterocycles. The van der Waals surface area contributed by atoms with Crippen molar-refractivity contribution in [1.29, 1.82) is 0 Å². The summed E-state index contributed by atoms with van der Waals surface area (Å²) in [6.45, 7) is 4.86. The number of ether oxygens (including phenoxy) is 1. The summed E-state index contributed by atoms with van der Waals surface area (Å²) < 4.78 is 11.7. The van der Waals surface area contributed by atoms with E-state index in [2.05, 4.69) is 6.92 Å². The zero-order valence-corrected chi connectivity index (χ0v) is 13.5. The molecule has 0 radical (unpaired) electrons. The number of hydrogen-bond acceptors (Lipinski definition) is 3. The van der Waals surface area contributed by atoms with Crippen LogP contribution in [0.15, 0.2) is 46.9 Å². The summed E-state index contributed by atoms with van der Waals surface area (Å²) in [4.78, 5) is 10.9. The topological polar surface area (TPSA) is 39.4 Å². The Morgan fingerprint density at radius 3 is 2.74 bits per heavy atom. The number of rotatable bonds is 6. The van der Waals surface area contributed by atoms with E-state index in [-0.39, 0.29) is 0 Å². The minimum Gasteiger partial charge on any atom is -0.494 e. The van der Waals surface area contributed by atoms with Crippen LogP contribution in [-0.2, 0) is 0 Å². The van der Waals surface area contributed by atoms with Gasteiger partial charge in [0.1, 0.15) is 23.4 Å². The number of furan rings is 1. The second-order valence-electron chi connectivity index (χ2n) is 5.70. The molecule has 0 spiro atoms. The Labute approximate surface area is 135 Å². The Hall–Kier alpha value is -2.55. The van der Waals surface area contributed by atoms with Crippen molar-refractivity contribution in [2.45, 2.75) is 26.7 Å². The van der Waals surface area contributed by atoms with Crippen molar-refractivity contribution in [3.05, 3.63) is 53.6 Å². The molecule has 0 fully saturated rings. The van der Waals surface area contributed by atoms with Gasteiger partial charge in [0, 0.05) is 16.5 Å². The molecule has 3 nitrogen and oxygen atoms in total. The Bertz CT molecular complexity index is 830. The Morgan fingerprint density at radius 2 is 2.00 bits per heavy atom. The van der Waals surface area contributed by atoms with Gasteiger partial charge in [0.25, 0.3) is 0 Å². The van der Waals surface area contributed by atoms with Crippen molar-refractivity contribution in [2.24, 2.45) is 0 Å². The quantitative estimate of drug-likeness (QED) is 0.452. The molecule has 0 aliphatic rings. The first-order chi connectivity index (χ1) is 11.2. The summed E-state index contributed by atoms with van der Waals surface area (Å²) in [5, 5.41) is 1.02. The minimum absolute atomic E-state index is 0.675. The molecule has 0 aliphatic heterocycles. The lowest BCUT2D eigenvalue weighted by Crippen LogP contribution is -1.95. The van der Waals surface area contributed by atoms with E-state index in [0.717, 1.165) is 59.3 Å². The minimum atomic E-state index is 0.675. The molecule has 3 rings (SSSR count). The van der Waals surface area contributed by atoms with Crippen LogP contribution in [0.4, 0.5) is 0 Å². The second-order valence-corrected chi connectivity index (χ2v) is 5.70. The standard InChI is InChI=1S/C20H20O3/c1-3-4-9-22-17-6-8-19-16(11-17)12-20(23-19)18-7-5-15(13-21)10-14(18)2/h5-8,10-13H,3-4,9H2,1-2H3. The van der Waals surface area contributed by atoms with Gasteiger partial charge in [-0.1, -0.05) is 25.5 Å². The summed E-state index contributed by atoms with van der Waals surface area (Å²) in [6.07, 6.45) is 3.03. The highest BCUT2D eigenvalue weighted by Crippen LogP contribution is 2.32. The summed E-state index contributed by atoms with van der Waals surface area (Å²) in [5.41, 5.74) is 3.53. The van der Waals surface area contributed by atoms with Crippen LogP contribution in [-0.4, -0.2) is 12.9 Å². The summed E-state index contributed by atoms with van der Waals surface area (Å²) in [6, 6.07) is 13.5. The first kappa shape index (κ1) is 15.3. The normalized spacial score (nSPS) is 10.9. The van der Waals surface area contributed by atoms with E-state index in [0.29, 0.717) is 5.56 Å². The lowest BCUT2D eigenvalue weighted by Gasteiger charge is -2.04. The van der Waals surface area contributed by atoms with Gasteiger partial charge in [-0.05, 0) is 49.2 Å². The number of hydrogen-bond donors (Lipinski definition) is 0. The van der Waals surface area contributed by atoms with Crippen LogP contribution in [0.5, 0.6) is 5.75 Å². The lowest BCUT2D eigenvalue weighted by molar-refractivity contribution is 0.112. The Balaban J connectivity index is 1.92. The van der Waals surface area contributed by atoms with Crippen LogP contribution in [0, 0.1) is 6.92 Å². The fourth-order valence-electron chi connectivity index (χ4n) is 2.61. The van der Waals surface area contributed by atoms with Gasteiger partial charge in [-0.2, -0.15) is 0 Å². The monoisotopic (exact) mass is 308 g/mol. The van der Waals surface area contributed by atoms with Crippen molar-refractivity contribution in [1.82, 2.24) is 0 Å².